The number of rotatable bonds is 5. The molecule has 88 valence electrons. The number of nitrogens with zero attached hydrogens (tertiary/aromatic N) is 1. The molecule has 3 heteroatoms. The number of alkyl halides is 1. The maximum absolute atomic E-state index is 11.6. The zero-order chi connectivity index (χ0) is 11.4. The molecule has 0 saturated carbocycles. The van der Waals surface area contributed by atoms with Crippen molar-refractivity contribution in [3.8, 4) is 0 Å². The molecule has 0 aromatic rings. The van der Waals surface area contributed by atoms with Crippen molar-refractivity contribution in [3.63, 3.8) is 0 Å². The highest BCUT2D eigenvalue weighted by Gasteiger charge is 2.30. The summed E-state index contributed by atoms with van der Waals surface area (Å²) in [5, 5.41) is 0.0325. The molecule has 1 saturated heterocycles. The first-order chi connectivity index (χ1) is 7.00. The van der Waals surface area contributed by atoms with Crippen molar-refractivity contribution in [1.82, 2.24) is 4.90 Å². The smallest absolute Gasteiger partial charge is 0.224 e. The molecule has 0 spiro atoms. The Morgan fingerprint density at radius 3 is 2.53 bits per heavy atom. The van der Waals surface area contributed by atoms with Gasteiger partial charge in [0.25, 0.3) is 0 Å². The first-order valence-electron chi connectivity index (χ1n) is 5.94. The molecule has 15 heavy (non-hydrogen) atoms. The quantitative estimate of drug-likeness (QED) is 0.666. The number of halogens is 1. The lowest BCUT2D eigenvalue weighted by Gasteiger charge is -2.24. The molecular weight excluding hydrogens is 210 g/mol. The van der Waals surface area contributed by atoms with E-state index < -0.39 is 0 Å². The van der Waals surface area contributed by atoms with E-state index in [1.807, 2.05) is 4.90 Å². The third-order valence-electron chi connectivity index (χ3n) is 3.05. The van der Waals surface area contributed by atoms with Crippen LogP contribution in [-0.2, 0) is 4.79 Å². The van der Waals surface area contributed by atoms with Gasteiger partial charge in [0.2, 0.25) is 5.91 Å². The maximum atomic E-state index is 11.6. The van der Waals surface area contributed by atoms with Crippen LogP contribution in [0, 0.1) is 5.92 Å². The molecule has 2 unspecified atom stereocenters. The van der Waals surface area contributed by atoms with Gasteiger partial charge in [-0.1, -0.05) is 26.7 Å². The molecule has 1 fully saturated rings. The number of carbonyl (C=O) groups excluding carboxylic acids is 1. The molecule has 0 bridgehead atoms. The second kappa shape index (κ2) is 5.74. The van der Waals surface area contributed by atoms with Gasteiger partial charge in [0.15, 0.2) is 0 Å². The van der Waals surface area contributed by atoms with Gasteiger partial charge in [-0.3, -0.25) is 4.79 Å². The summed E-state index contributed by atoms with van der Waals surface area (Å²) >= 11 is 5.97. The van der Waals surface area contributed by atoms with E-state index in [1.54, 1.807) is 0 Å². The van der Waals surface area contributed by atoms with Crippen molar-refractivity contribution in [3.05, 3.63) is 0 Å². The number of hydrogen-bond donors (Lipinski definition) is 0. The van der Waals surface area contributed by atoms with E-state index in [4.69, 9.17) is 11.6 Å². The Kier molecular flexibility index (Phi) is 4.91. The fourth-order valence-corrected chi connectivity index (χ4v) is 2.37. The average Bonchev–Trinajstić information content (AvgIpc) is 2.44. The minimum atomic E-state index is 0.0325. The number of likely N-dealkylation sites (tertiary alicyclic amines) is 1. The third kappa shape index (κ3) is 4.02. The van der Waals surface area contributed by atoms with Crippen LogP contribution in [0.5, 0.6) is 0 Å². The van der Waals surface area contributed by atoms with Crippen LogP contribution in [0.2, 0.25) is 0 Å². The van der Waals surface area contributed by atoms with Crippen molar-refractivity contribution in [1.29, 1.82) is 0 Å². The van der Waals surface area contributed by atoms with Crippen LogP contribution in [0.25, 0.3) is 0 Å². The lowest BCUT2D eigenvalue weighted by atomic mass is 10.0. The van der Waals surface area contributed by atoms with E-state index in [1.165, 1.54) is 12.8 Å². The van der Waals surface area contributed by atoms with Crippen molar-refractivity contribution < 1.29 is 4.79 Å². The molecule has 1 heterocycles. The van der Waals surface area contributed by atoms with E-state index in [0.717, 1.165) is 18.9 Å². The number of amides is 1. The van der Waals surface area contributed by atoms with Crippen LogP contribution in [0.1, 0.15) is 46.5 Å². The first kappa shape index (κ1) is 12.8. The second-order valence-corrected chi connectivity index (χ2v) is 5.64. The highest BCUT2D eigenvalue weighted by Crippen LogP contribution is 2.21. The van der Waals surface area contributed by atoms with Gasteiger partial charge in [0.05, 0.1) is 5.38 Å². The molecule has 0 aliphatic carbocycles. The zero-order valence-corrected chi connectivity index (χ0v) is 10.8. The van der Waals surface area contributed by atoms with Gasteiger partial charge in [0, 0.05) is 19.0 Å². The standard InChI is InChI=1S/C12H22ClNO/c1-9(2)5-4-6-10(3)14-8-11(13)7-12(14)15/h9-11H,4-8H2,1-3H3. The molecule has 0 N–H and O–H groups in total. The van der Waals surface area contributed by atoms with E-state index in [2.05, 4.69) is 20.8 Å². The van der Waals surface area contributed by atoms with Crippen molar-refractivity contribution in [2.75, 3.05) is 6.54 Å². The van der Waals surface area contributed by atoms with Crippen LogP contribution < -0.4 is 0 Å². The fraction of sp³-hybridized carbons (Fsp3) is 0.917. The minimum absolute atomic E-state index is 0.0325. The maximum Gasteiger partial charge on any atom is 0.224 e. The molecule has 2 atom stereocenters. The molecule has 1 amide bonds. The summed E-state index contributed by atoms with van der Waals surface area (Å²) in [6.45, 7) is 7.34. The Morgan fingerprint density at radius 2 is 2.07 bits per heavy atom. The zero-order valence-electron chi connectivity index (χ0n) is 10.0. The van der Waals surface area contributed by atoms with Crippen LogP contribution in [0.15, 0.2) is 0 Å². The largest absolute Gasteiger partial charge is 0.338 e. The second-order valence-electron chi connectivity index (χ2n) is 5.02. The SMILES string of the molecule is CC(C)CCCC(C)N1CC(Cl)CC1=O. The summed E-state index contributed by atoms with van der Waals surface area (Å²) in [4.78, 5) is 13.5. The van der Waals surface area contributed by atoms with E-state index in [9.17, 15) is 4.79 Å². The van der Waals surface area contributed by atoms with Crippen LogP contribution >= 0.6 is 11.6 Å². The van der Waals surface area contributed by atoms with Crippen molar-refractivity contribution in [2.24, 2.45) is 5.92 Å². The van der Waals surface area contributed by atoms with Crippen molar-refractivity contribution >= 4 is 17.5 Å². The monoisotopic (exact) mass is 231 g/mol. The van der Waals surface area contributed by atoms with Crippen molar-refractivity contribution in [2.45, 2.75) is 57.9 Å². The van der Waals surface area contributed by atoms with Gasteiger partial charge in [-0.05, 0) is 19.3 Å². The Morgan fingerprint density at radius 1 is 1.40 bits per heavy atom. The summed E-state index contributed by atoms with van der Waals surface area (Å²) in [7, 11) is 0. The molecule has 1 rings (SSSR count). The van der Waals surface area contributed by atoms with E-state index >= 15 is 0 Å². The predicted octanol–water partition coefficient (Wildman–Crippen LogP) is 3.04. The Balaban J connectivity index is 2.27. The van der Waals surface area contributed by atoms with Gasteiger partial charge in [-0.25, -0.2) is 0 Å². The summed E-state index contributed by atoms with van der Waals surface area (Å²) < 4.78 is 0. The fourth-order valence-electron chi connectivity index (χ4n) is 2.09. The summed E-state index contributed by atoms with van der Waals surface area (Å²) in [6, 6.07) is 0.361. The minimum Gasteiger partial charge on any atom is -0.338 e. The normalized spacial score (nSPS) is 23.9. The van der Waals surface area contributed by atoms with Crippen LogP contribution in [-0.4, -0.2) is 28.8 Å². The Hall–Kier alpha value is -0.240. The van der Waals surface area contributed by atoms with Gasteiger partial charge in [-0.2, -0.15) is 0 Å². The predicted molar refractivity (Wildman–Crippen MR) is 64.1 cm³/mol. The molecule has 2 nitrogen and oxygen atoms in total. The molecule has 0 aromatic heterocycles. The lowest BCUT2D eigenvalue weighted by Crippen LogP contribution is -2.34. The summed E-state index contributed by atoms with van der Waals surface area (Å²) in [6.07, 6.45) is 4.08. The Bertz CT molecular complexity index is 218. The van der Waals surface area contributed by atoms with Gasteiger partial charge >= 0.3 is 0 Å². The number of hydrogen-bond acceptors (Lipinski definition) is 1. The van der Waals surface area contributed by atoms with Gasteiger partial charge in [0.1, 0.15) is 0 Å². The highest BCUT2D eigenvalue weighted by molar-refractivity contribution is 6.22. The van der Waals surface area contributed by atoms with Gasteiger partial charge in [-0.15, -0.1) is 11.6 Å². The summed E-state index contributed by atoms with van der Waals surface area (Å²) in [5.74, 6) is 0.985. The van der Waals surface area contributed by atoms with Crippen LogP contribution in [0.4, 0.5) is 0 Å². The van der Waals surface area contributed by atoms with Gasteiger partial charge < -0.3 is 4.90 Å². The topological polar surface area (TPSA) is 20.3 Å². The van der Waals surface area contributed by atoms with E-state index in [-0.39, 0.29) is 11.3 Å². The highest BCUT2D eigenvalue weighted by atomic mass is 35.5. The molecule has 1 aliphatic heterocycles. The lowest BCUT2D eigenvalue weighted by molar-refractivity contribution is -0.129. The Labute approximate surface area is 98.0 Å². The number of carbonyl (C=O) groups is 1. The molecule has 0 radical (unpaired) electrons. The average molecular weight is 232 g/mol. The van der Waals surface area contributed by atoms with E-state index in [0.29, 0.717) is 12.5 Å². The molecule has 1 aliphatic rings. The first-order valence-corrected chi connectivity index (χ1v) is 6.38. The summed E-state index contributed by atoms with van der Waals surface area (Å²) in [5.41, 5.74) is 0. The molecular formula is C12H22ClNO. The third-order valence-corrected chi connectivity index (χ3v) is 3.34. The molecule has 0 aromatic carbocycles. The van der Waals surface area contributed by atoms with Crippen LogP contribution in [0.3, 0.4) is 0 Å².